The zero-order chi connectivity index (χ0) is 23.5. The van der Waals surface area contributed by atoms with Gasteiger partial charge in [0.25, 0.3) is 5.91 Å². The van der Waals surface area contributed by atoms with Gasteiger partial charge in [0, 0.05) is 0 Å². The van der Waals surface area contributed by atoms with Gasteiger partial charge in [-0.05, 0) is 60.0 Å². The fourth-order valence-corrected chi connectivity index (χ4v) is 2.97. The summed E-state index contributed by atoms with van der Waals surface area (Å²) in [5.41, 5.74) is 1.78. The highest BCUT2D eigenvalue weighted by Crippen LogP contribution is 2.16. The first-order valence-electron chi connectivity index (χ1n) is 10.5. The molecule has 7 heteroatoms. The fraction of sp³-hybridized carbons (Fsp3) is 0.192. The predicted octanol–water partition coefficient (Wildman–Crippen LogP) is 4.44. The lowest BCUT2D eigenvalue weighted by molar-refractivity contribution is -0.136. The van der Waals surface area contributed by atoms with Gasteiger partial charge >= 0.3 is 5.97 Å². The number of nitriles is 1. The number of furan rings is 1. The molecule has 3 aromatic rings. The molecule has 0 spiro atoms. The molecule has 0 aliphatic rings. The normalized spacial score (nSPS) is 10.8. The fourth-order valence-electron chi connectivity index (χ4n) is 2.97. The van der Waals surface area contributed by atoms with E-state index in [4.69, 9.17) is 13.9 Å². The Balaban J connectivity index is 1.50. The lowest BCUT2D eigenvalue weighted by Gasteiger charge is -2.08. The molecule has 7 nitrogen and oxygen atoms in total. The second-order valence-corrected chi connectivity index (χ2v) is 7.16. The minimum absolute atomic E-state index is 0.0512. The number of hydrogen-bond donors (Lipinski definition) is 1. The van der Waals surface area contributed by atoms with Crippen LogP contribution >= 0.6 is 0 Å². The Morgan fingerprint density at radius 3 is 2.42 bits per heavy atom. The third-order valence-corrected chi connectivity index (χ3v) is 4.61. The molecular weight excluding hydrogens is 420 g/mol. The van der Waals surface area contributed by atoms with Crippen molar-refractivity contribution in [2.75, 3.05) is 6.61 Å². The number of benzene rings is 2. The van der Waals surface area contributed by atoms with Crippen molar-refractivity contribution in [2.24, 2.45) is 0 Å². The van der Waals surface area contributed by atoms with Crippen LogP contribution in [0.5, 0.6) is 11.5 Å². The first-order chi connectivity index (χ1) is 16.1. The number of rotatable bonds is 10. The molecule has 0 aliphatic carbocycles. The molecule has 168 valence electrons. The van der Waals surface area contributed by atoms with Gasteiger partial charge in [-0.1, -0.05) is 37.6 Å². The second kappa shape index (κ2) is 11.9. The topological polar surface area (TPSA) is 102 Å². The number of hydrogen-bond acceptors (Lipinski definition) is 6. The lowest BCUT2D eigenvalue weighted by Crippen LogP contribution is -2.23. The van der Waals surface area contributed by atoms with Crippen LogP contribution in [0.3, 0.4) is 0 Å². The maximum Gasteiger partial charge on any atom is 0.349 e. The minimum Gasteiger partial charge on any atom is -0.482 e. The van der Waals surface area contributed by atoms with Crippen LogP contribution < -0.4 is 14.8 Å². The van der Waals surface area contributed by atoms with E-state index in [1.165, 1.54) is 17.9 Å². The van der Waals surface area contributed by atoms with E-state index in [0.29, 0.717) is 22.8 Å². The molecule has 0 radical (unpaired) electrons. The minimum atomic E-state index is -0.536. The number of nitrogens with zero attached hydrogens (tertiary/aromatic N) is 1. The smallest absolute Gasteiger partial charge is 0.349 e. The molecule has 2 aromatic carbocycles. The molecule has 1 N–H and O–H groups in total. The Kier molecular flexibility index (Phi) is 8.43. The highest BCUT2D eigenvalue weighted by Gasteiger charge is 2.10. The molecule has 1 amide bonds. The van der Waals surface area contributed by atoms with Crippen molar-refractivity contribution in [3.05, 3.63) is 89.4 Å². The zero-order valence-corrected chi connectivity index (χ0v) is 18.2. The highest BCUT2D eigenvalue weighted by atomic mass is 16.6. The maximum absolute atomic E-state index is 12.2. The Morgan fingerprint density at radius 1 is 1.06 bits per heavy atom. The van der Waals surface area contributed by atoms with Crippen molar-refractivity contribution in [3.8, 4) is 17.6 Å². The van der Waals surface area contributed by atoms with Crippen LogP contribution in [0.2, 0.25) is 0 Å². The molecule has 1 heterocycles. The van der Waals surface area contributed by atoms with E-state index in [2.05, 4.69) is 12.2 Å². The SMILES string of the molecule is CCCc1ccc(OCC(=O)Oc2ccc(/C=C(\C#N)C(=O)NCc3ccco3)cc2)cc1. The Bertz CT molecular complexity index is 1120. The van der Waals surface area contributed by atoms with Crippen LogP contribution in [0.4, 0.5) is 0 Å². The van der Waals surface area contributed by atoms with Gasteiger partial charge in [-0.25, -0.2) is 4.79 Å². The summed E-state index contributed by atoms with van der Waals surface area (Å²) in [7, 11) is 0. The first-order valence-corrected chi connectivity index (χ1v) is 10.5. The molecule has 0 bridgehead atoms. The molecular formula is C26H24N2O5. The summed E-state index contributed by atoms with van der Waals surface area (Å²) in [6, 6.07) is 19.4. The van der Waals surface area contributed by atoms with E-state index < -0.39 is 11.9 Å². The van der Waals surface area contributed by atoms with Crippen molar-refractivity contribution in [1.82, 2.24) is 5.32 Å². The maximum atomic E-state index is 12.2. The molecule has 0 unspecified atom stereocenters. The standard InChI is InChI=1S/C26H24N2O5/c1-2-4-19-6-10-22(11-7-19)32-18-25(29)33-23-12-8-20(9-13-23)15-21(16-27)26(30)28-17-24-5-3-14-31-24/h3,5-15H,2,4,17-18H2,1H3,(H,28,30)/b21-15+. The number of ether oxygens (including phenoxy) is 2. The molecule has 3 rings (SSSR count). The van der Waals surface area contributed by atoms with Crippen LogP contribution in [-0.4, -0.2) is 18.5 Å². The highest BCUT2D eigenvalue weighted by molar-refractivity contribution is 6.01. The van der Waals surface area contributed by atoms with Crippen LogP contribution in [0, 0.1) is 11.3 Å². The van der Waals surface area contributed by atoms with E-state index in [0.717, 1.165) is 12.8 Å². The van der Waals surface area contributed by atoms with Crippen LogP contribution in [0.1, 0.15) is 30.2 Å². The van der Waals surface area contributed by atoms with Gasteiger partial charge in [-0.3, -0.25) is 4.79 Å². The van der Waals surface area contributed by atoms with Crippen LogP contribution in [0.15, 0.2) is 76.9 Å². The van der Waals surface area contributed by atoms with E-state index in [1.807, 2.05) is 30.3 Å². The second-order valence-electron chi connectivity index (χ2n) is 7.16. The van der Waals surface area contributed by atoms with Crippen LogP contribution in [0.25, 0.3) is 6.08 Å². The van der Waals surface area contributed by atoms with E-state index in [-0.39, 0.29) is 18.7 Å². The van der Waals surface area contributed by atoms with E-state index >= 15 is 0 Å². The summed E-state index contributed by atoms with van der Waals surface area (Å²) in [4.78, 5) is 24.3. The summed E-state index contributed by atoms with van der Waals surface area (Å²) in [6.45, 7) is 2.08. The molecule has 33 heavy (non-hydrogen) atoms. The first kappa shape index (κ1) is 23.4. The molecule has 0 saturated heterocycles. The number of amides is 1. The van der Waals surface area contributed by atoms with Crippen molar-refractivity contribution in [1.29, 1.82) is 5.26 Å². The molecule has 0 atom stereocenters. The van der Waals surface area contributed by atoms with Gasteiger partial charge in [0.15, 0.2) is 6.61 Å². The molecule has 1 aromatic heterocycles. The van der Waals surface area contributed by atoms with Crippen LogP contribution in [-0.2, 0) is 22.6 Å². The lowest BCUT2D eigenvalue weighted by atomic mass is 10.1. The Hall–Kier alpha value is -4.31. The Labute approximate surface area is 192 Å². The van der Waals surface area contributed by atoms with Gasteiger partial charge in [-0.2, -0.15) is 5.26 Å². The molecule has 0 saturated carbocycles. The predicted molar refractivity (Wildman–Crippen MR) is 122 cm³/mol. The number of esters is 1. The van der Waals surface area contributed by atoms with Crippen molar-refractivity contribution >= 4 is 18.0 Å². The van der Waals surface area contributed by atoms with Gasteiger partial charge < -0.3 is 19.2 Å². The monoisotopic (exact) mass is 444 g/mol. The quantitative estimate of drug-likeness (QED) is 0.215. The summed E-state index contributed by atoms with van der Waals surface area (Å²) in [5.74, 6) is 0.473. The average Bonchev–Trinajstić information content (AvgIpc) is 3.35. The van der Waals surface area contributed by atoms with E-state index in [9.17, 15) is 14.9 Å². The number of aryl methyl sites for hydroxylation is 1. The molecule has 0 aliphatic heterocycles. The van der Waals surface area contributed by atoms with Gasteiger partial charge in [0.1, 0.15) is 28.9 Å². The summed E-state index contributed by atoms with van der Waals surface area (Å²) >= 11 is 0. The summed E-state index contributed by atoms with van der Waals surface area (Å²) < 4.78 is 15.9. The zero-order valence-electron chi connectivity index (χ0n) is 18.2. The van der Waals surface area contributed by atoms with Crippen molar-refractivity contribution < 1.29 is 23.5 Å². The van der Waals surface area contributed by atoms with E-state index in [1.54, 1.807) is 36.4 Å². The number of carbonyl (C=O) groups is 2. The van der Waals surface area contributed by atoms with Crippen molar-refractivity contribution in [3.63, 3.8) is 0 Å². The van der Waals surface area contributed by atoms with Gasteiger partial charge in [0.2, 0.25) is 0 Å². The molecule has 0 fully saturated rings. The summed E-state index contributed by atoms with van der Waals surface area (Å²) in [5, 5.41) is 11.9. The van der Waals surface area contributed by atoms with Gasteiger partial charge in [0.05, 0.1) is 12.8 Å². The summed E-state index contributed by atoms with van der Waals surface area (Å²) in [6.07, 6.45) is 5.03. The number of nitrogens with one attached hydrogen (secondary N) is 1. The third-order valence-electron chi connectivity index (χ3n) is 4.61. The number of carbonyl (C=O) groups excluding carboxylic acids is 2. The van der Waals surface area contributed by atoms with Crippen molar-refractivity contribution in [2.45, 2.75) is 26.3 Å². The largest absolute Gasteiger partial charge is 0.482 e. The Morgan fingerprint density at radius 2 is 1.79 bits per heavy atom. The average molecular weight is 444 g/mol. The van der Waals surface area contributed by atoms with Gasteiger partial charge in [-0.15, -0.1) is 0 Å². The third kappa shape index (κ3) is 7.40.